The van der Waals surface area contributed by atoms with Crippen molar-refractivity contribution in [2.24, 2.45) is 0 Å². The summed E-state index contributed by atoms with van der Waals surface area (Å²) in [5.41, 5.74) is 5.11. The van der Waals surface area contributed by atoms with Crippen LogP contribution in [-0.4, -0.2) is 31.5 Å². The quantitative estimate of drug-likeness (QED) is 0.534. The Labute approximate surface area is 168 Å². The molecule has 0 aliphatic heterocycles. The van der Waals surface area contributed by atoms with E-state index in [9.17, 15) is 5.26 Å². The lowest BCUT2D eigenvalue weighted by Crippen LogP contribution is -1.95. The molecule has 0 atom stereocenters. The molecular formula is C23H19N3O3. The Bertz CT molecular complexity index is 1210. The molecule has 0 unspecified atom stereocenters. The van der Waals surface area contributed by atoms with E-state index in [1.54, 1.807) is 27.4 Å². The summed E-state index contributed by atoms with van der Waals surface area (Å²) in [6, 6.07) is 19.5. The third-order valence-electron chi connectivity index (χ3n) is 4.83. The van der Waals surface area contributed by atoms with E-state index in [1.165, 1.54) is 0 Å². The molecule has 29 heavy (non-hydrogen) atoms. The molecule has 0 saturated carbocycles. The van der Waals surface area contributed by atoms with Crippen LogP contribution < -0.4 is 14.2 Å². The van der Waals surface area contributed by atoms with Crippen LogP contribution in [0.2, 0.25) is 0 Å². The fourth-order valence-corrected chi connectivity index (χ4v) is 3.40. The van der Waals surface area contributed by atoms with E-state index in [0.717, 1.165) is 33.3 Å². The number of methoxy groups -OCH3 is 3. The van der Waals surface area contributed by atoms with Gasteiger partial charge in [0.05, 0.1) is 44.2 Å². The number of nitrogens with zero attached hydrogens (tertiary/aromatic N) is 2. The Morgan fingerprint density at radius 2 is 1.59 bits per heavy atom. The molecule has 1 heterocycles. The molecule has 0 amide bonds. The van der Waals surface area contributed by atoms with Gasteiger partial charge in [-0.25, -0.2) is 0 Å². The molecule has 6 nitrogen and oxygen atoms in total. The zero-order valence-electron chi connectivity index (χ0n) is 16.3. The number of rotatable bonds is 5. The van der Waals surface area contributed by atoms with Crippen LogP contribution in [0.1, 0.15) is 5.56 Å². The average Bonchev–Trinajstić information content (AvgIpc) is 3.21. The predicted octanol–water partition coefficient (Wildman–Crippen LogP) is 4.79. The van der Waals surface area contributed by atoms with Gasteiger partial charge in [-0.15, -0.1) is 0 Å². The molecule has 3 aromatic carbocycles. The van der Waals surface area contributed by atoms with E-state index in [1.807, 2.05) is 42.5 Å². The number of H-pyrrole nitrogens is 1. The van der Waals surface area contributed by atoms with Gasteiger partial charge in [-0.2, -0.15) is 10.4 Å². The van der Waals surface area contributed by atoms with Gasteiger partial charge in [0.25, 0.3) is 0 Å². The summed E-state index contributed by atoms with van der Waals surface area (Å²) in [5, 5.41) is 17.7. The Morgan fingerprint density at radius 1 is 0.828 bits per heavy atom. The van der Waals surface area contributed by atoms with E-state index >= 15 is 0 Å². The third-order valence-corrected chi connectivity index (χ3v) is 4.83. The molecule has 4 aromatic rings. The van der Waals surface area contributed by atoms with Crippen molar-refractivity contribution in [3.63, 3.8) is 0 Å². The molecule has 0 saturated heterocycles. The number of aromatic nitrogens is 2. The van der Waals surface area contributed by atoms with Crippen LogP contribution in [0.25, 0.3) is 33.3 Å². The van der Waals surface area contributed by atoms with E-state index in [-0.39, 0.29) is 0 Å². The van der Waals surface area contributed by atoms with Gasteiger partial charge < -0.3 is 14.2 Å². The number of fused-ring (bicyclic) bond motifs is 1. The van der Waals surface area contributed by atoms with Crippen molar-refractivity contribution in [2.75, 3.05) is 21.3 Å². The molecule has 1 aromatic heterocycles. The highest BCUT2D eigenvalue weighted by atomic mass is 16.5. The minimum Gasteiger partial charge on any atom is -0.493 e. The van der Waals surface area contributed by atoms with Crippen molar-refractivity contribution in [3.8, 4) is 45.7 Å². The molecule has 6 heteroatoms. The van der Waals surface area contributed by atoms with E-state index in [2.05, 4.69) is 22.3 Å². The van der Waals surface area contributed by atoms with E-state index in [0.29, 0.717) is 22.8 Å². The number of nitriles is 1. The molecule has 1 N–H and O–H groups in total. The summed E-state index contributed by atoms with van der Waals surface area (Å²) in [4.78, 5) is 0. The summed E-state index contributed by atoms with van der Waals surface area (Å²) in [6.45, 7) is 0. The van der Waals surface area contributed by atoms with Crippen molar-refractivity contribution in [1.29, 1.82) is 5.26 Å². The highest BCUT2D eigenvalue weighted by Crippen LogP contribution is 2.42. The van der Waals surface area contributed by atoms with Crippen molar-refractivity contribution in [2.45, 2.75) is 0 Å². The summed E-state index contributed by atoms with van der Waals surface area (Å²) in [7, 11) is 4.78. The zero-order valence-corrected chi connectivity index (χ0v) is 16.3. The second-order valence-corrected chi connectivity index (χ2v) is 6.44. The molecule has 0 spiro atoms. The van der Waals surface area contributed by atoms with Gasteiger partial charge in [0.1, 0.15) is 0 Å². The number of ether oxygens (including phenoxy) is 3. The maximum Gasteiger partial charge on any atom is 0.203 e. The van der Waals surface area contributed by atoms with Gasteiger partial charge in [0, 0.05) is 10.9 Å². The van der Waals surface area contributed by atoms with Gasteiger partial charge in [-0.1, -0.05) is 18.2 Å². The minimum absolute atomic E-state index is 0.553. The Morgan fingerprint density at radius 3 is 2.24 bits per heavy atom. The van der Waals surface area contributed by atoms with E-state index < -0.39 is 0 Å². The van der Waals surface area contributed by atoms with Gasteiger partial charge in [-0.05, 0) is 47.5 Å². The van der Waals surface area contributed by atoms with E-state index in [4.69, 9.17) is 14.2 Å². The van der Waals surface area contributed by atoms with Gasteiger partial charge >= 0.3 is 0 Å². The molecule has 0 aliphatic rings. The second kappa shape index (κ2) is 7.56. The lowest BCUT2D eigenvalue weighted by atomic mass is 10.00. The highest BCUT2D eigenvalue weighted by molar-refractivity contribution is 5.96. The normalized spacial score (nSPS) is 10.6. The molecule has 0 fully saturated rings. The molecule has 0 aliphatic carbocycles. The number of benzene rings is 3. The summed E-state index contributed by atoms with van der Waals surface area (Å²) in [5.74, 6) is 1.74. The smallest absolute Gasteiger partial charge is 0.203 e. The predicted molar refractivity (Wildman–Crippen MR) is 111 cm³/mol. The average molecular weight is 385 g/mol. The van der Waals surface area contributed by atoms with Gasteiger partial charge in [-0.3, -0.25) is 5.10 Å². The largest absolute Gasteiger partial charge is 0.493 e. The number of hydrogen-bond acceptors (Lipinski definition) is 5. The first-order chi connectivity index (χ1) is 14.2. The fourth-order valence-electron chi connectivity index (χ4n) is 3.40. The fraction of sp³-hybridized carbons (Fsp3) is 0.130. The maximum absolute atomic E-state index is 9.19. The number of nitrogens with one attached hydrogen (secondary N) is 1. The maximum atomic E-state index is 9.19. The van der Waals surface area contributed by atoms with Crippen LogP contribution in [0.15, 0.2) is 54.6 Å². The highest BCUT2D eigenvalue weighted by Gasteiger charge is 2.16. The SMILES string of the molecule is COc1cc(-c2ccc3[nH]nc(-c4cccc(C#N)c4)c3c2)cc(OC)c1OC. The van der Waals surface area contributed by atoms with Crippen molar-refractivity contribution in [3.05, 3.63) is 60.2 Å². The first kappa shape index (κ1) is 18.4. The zero-order chi connectivity index (χ0) is 20.4. The third kappa shape index (κ3) is 3.23. The van der Waals surface area contributed by atoms with Crippen molar-refractivity contribution < 1.29 is 14.2 Å². The Kier molecular flexibility index (Phi) is 4.80. The van der Waals surface area contributed by atoms with Crippen molar-refractivity contribution >= 4 is 10.9 Å². The monoisotopic (exact) mass is 385 g/mol. The lowest BCUT2D eigenvalue weighted by Gasteiger charge is -2.14. The van der Waals surface area contributed by atoms with Crippen LogP contribution >= 0.6 is 0 Å². The van der Waals surface area contributed by atoms with Crippen LogP contribution in [0, 0.1) is 11.3 Å². The number of aromatic amines is 1. The van der Waals surface area contributed by atoms with Crippen LogP contribution in [0.3, 0.4) is 0 Å². The Balaban J connectivity index is 1.87. The summed E-state index contributed by atoms with van der Waals surface area (Å²) in [6.07, 6.45) is 0. The van der Waals surface area contributed by atoms with Gasteiger partial charge in [0.2, 0.25) is 5.75 Å². The molecular weight excluding hydrogens is 366 g/mol. The lowest BCUT2D eigenvalue weighted by molar-refractivity contribution is 0.324. The van der Waals surface area contributed by atoms with Crippen LogP contribution in [0.5, 0.6) is 17.2 Å². The topological polar surface area (TPSA) is 80.2 Å². The first-order valence-electron chi connectivity index (χ1n) is 8.97. The minimum atomic E-state index is 0.553. The Hall–Kier alpha value is -3.98. The summed E-state index contributed by atoms with van der Waals surface area (Å²) < 4.78 is 16.4. The second-order valence-electron chi connectivity index (χ2n) is 6.44. The van der Waals surface area contributed by atoms with Crippen LogP contribution in [-0.2, 0) is 0 Å². The molecule has 0 bridgehead atoms. The van der Waals surface area contributed by atoms with Crippen LogP contribution in [0.4, 0.5) is 0 Å². The molecule has 144 valence electrons. The molecule has 0 radical (unpaired) electrons. The standard InChI is InChI=1S/C23H19N3O3/c1-27-20-11-17(12-21(28-2)23(20)29-3)15-7-8-19-18(10-15)22(26-25-19)16-6-4-5-14(9-16)13-24/h4-12H,1-3H3,(H,25,26). The number of hydrogen-bond donors (Lipinski definition) is 1. The van der Waals surface area contributed by atoms with Gasteiger partial charge in [0.15, 0.2) is 11.5 Å². The molecule has 4 rings (SSSR count). The summed E-state index contributed by atoms with van der Waals surface area (Å²) >= 11 is 0. The van der Waals surface area contributed by atoms with Crippen molar-refractivity contribution in [1.82, 2.24) is 10.2 Å². The first-order valence-corrected chi connectivity index (χ1v) is 8.97.